The lowest BCUT2D eigenvalue weighted by atomic mass is 10.2. The van der Waals surface area contributed by atoms with Crippen LogP contribution >= 0.6 is 0 Å². The molecule has 0 radical (unpaired) electrons. The Kier molecular flexibility index (Phi) is 5.15. The van der Waals surface area contributed by atoms with Gasteiger partial charge in [0.15, 0.2) is 0 Å². The Bertz CT molecular complexity index is 1020. The molecule has 0 aliphatic carbocycles. The predicted octanol–water partition coefficient (Wildman–Crippen LogP) is 1.42. The normalized spacial score (nSPS) is 13.0. The SMILES string of the molecule is COc1ccc(C)cc1NC(=O)CNS(=O)(=O)c1ccc2c(c1)CC(=O)N2. The van der Waals surface area contributed by atoms with Gasteiger partial charge in [0.05, 0.1) is 30.7 Å². The van der Waals surface area contributed by atoms with Crippen LogP contribution in [0.5, 0.6) is 5.75 Å². The molecule has 0 unspecified atom stereocenters. The second-order valence-electron chi connectivity index (χ2n) is 6.12. The fraction of sp³-hybridized carbons (Fsp3) is 0.222. The Labute approximate surface area is 157 Å². The second-order valence-corrected chi connectivity index (χ2v) is 7.89. The number of ether oxygens (including phenoxy) is 1. The van der Waals surface area contributed by atoms with E-state index in [4.69, 9.17) is 4.74 Å². The maximum atomic E-state index is 12.4. The van der Waals surface area contributed by atoms with Crippen LogP contribution in [0.2, 0.25) is 0 Å². The van der Waals surface area contributed by atoms with E-state index in [0.29, 0.717) is 22.7 Å². The van der Waals surface area contributed by atoms with E-state index in [9.17, 15) is 18.0 Å². The molecule has 27 heavy (non-hydrogen) atoms. The molecule has 0 aromatic heterocycles. The van der Waals surface area contributed by atoms with E-state index in [0.717, 1.165) is 5.56 Å². The number of carbonyl (C=O) groups is 2. The van der Waals surface area contributed by atoms with Gasteiger partial charge in [0, 0.05) is 5.69 Å². The lowest BCUT2D eigenvalue weighted by Gasteiger charge is -2.12. The Hall–Kier alpha value is -2.91. The molecule has 2 amide bonds. The van der Waals surface area contributed by atoms with E-state index < -0.39 is 22.5 Å². The van der Waals surface area contributed by atoms with Crippen LogP contribution in [-0.2, 0) is 26.0 Å². The first kappa shape index (κ1) is 18.9. The van der Waals surface area contributed by atoms with Crippen LogP contribution in [0.4, 0.5) is 11.4 Å². The number of hydrogen-bond donors (Lipinski definition) is 3. The maximum absolute atomic E-state index is 12.4. The van der Waals surface area contributed by atoms with Crippen molar-refractivity contribution in [3.05, 3.63) is 47.5 Å². The Morgan fingerprint density at radius 1 is 1.22 bits per heavy atom. The van der Waals surface area contributed by atoms with Gasteiger partial charge in [-0.2, -0.15) is 0 Å². The van der Waals surface area contributed by atoms with Crippen LogP contribution in [0.15, 0.2) is 41.3 Å². The van der Waals surface area contributed by atoms with Gasteiger partial charge >= 0.3 is 0 Å². The number of anilines is 2. The van der Waals surface area contributed by atoms with Crippen LogP contribution in [0.3, 0.4) is 0 Å². The predicted molar refractivity (Wildman–Crippen MR) is 100 cm³/mol. The summed E-state index contributed by atoms with van der Waals surface area (Å²) in [6.45, 7) is 1.43. The van der Waals surface area contributed by atoms with Crippen molar-refractivity contribution in [1.29, 1.82) is 0 Å². The minimum atomic E-state index is -3.89. The molecule has 8 nitrogen and oxygen atoms in total. The molecule has 0 spiro atoms. The quantitative estimate of drug-likeness (QED) is 0.691. The smallest absolute Gasteiger partial charge is 0.241 e. The highest BCUT2D eigenvalue weighted by atomic mass is 32.2. The molecule has 2 aromatic rings. The highest BCUT2D eigenvalue weighted by Gasteiger charge is 2.22. The molecule has 1 aliphatic rings. The van der Waals surface area contributed by atoms with E-state index in [2.05, 4.69) is 15.4 Å². The van der Waals surface area contributed by atoms with Crippen LogP contribution in [0.25, 0.3) is 0 Å². The van der Waals surface area contributed by atoms with Crippen molar-refractivity contribution < 1.29 is 22.7 Å². The Morgan fingerprint density at radius 3 is 2.74 bits per heavy atom. The zero-order chi connectivity index (χ0) is 19.6. The number of carbonyl (C=O) groups excluding carboxylic acids is 2. The lowest BCUT2D eigenvalue weighted by Crippen LogP contribution is -2.33. The monoisotopic (exact) mass is 389 g/mol. The summed E-state index contributed by atoms with van der Waals surface area (Å²) < 4.78 is 32.3. The largest absolute Gasteiger partial charge is 0.495 e. The van der Waals surface area contributed by atoms with Gasteiger partial charge in [-0.1, -0.05) is 6.07 Å². The van der Waals surface area contributed by atoms with Crippen molar-refractivity contribution in [1.82, 2.24) is 4.72 Å². The summed E-state index contributed by atoms with van der Waals surface area (Å²) in [4.78, 5) is 23.5. The molecule has 0 fully saturated rings. The summed E-state index contributed by atoms with van der Waals surface area (Å²) in [5.41, 5.74) is 2.59. The van der Waals surface area contributed by atoms with Crippen molar-refractivity contribution in [2.45, 2.75) is 18.2 Å². The minimum Gasteiger partial charge on any atom is -0.495 e. The second kappa shape index (κ2) is 7.37. The molecule has 0 atom stereocenters. The molecule has 0 saturated carbocycles. The topological polar surface area (TPSA) is 114 Å². The van der Waals surface area contributed by atoms with Crippen LogP contribution in [0.1, 0.15) is 11.1 Å². The van der Waals surface area contributed by atoms with E-state index in [1.807, 2.05) is 13.0 Å². The molecule has 1 heterocycles. The Morgan fingerprint density at radius 2 is 2.00 bits per heavy atom. The number of hydrogen-bond acceptors (Lipinski definition) is 5. The number of methoxy groups -OCH3 is 1. The van der Waals surface area contributed by atoms with Gasteiger partial charge in [0.1, 0.15) is 5.75 Å². The van der Waals surface area contributed by atoms with Gasteiger partial charge < -0.3 is 15.4 Å². The van der Waals surface area contributed by atoms with Gasteiger partial charge in [0.25, 0.3) is 0 Å². The van der Waals surface area contributed by atoms with Gasteiger partial charge in [0.2, 0.25) is 21.8 Å². The fourth-order valence-electron chi connectivity index (χ4n) is 2.73. The number of aryl methyl sites for hydroxylation is 1. The minimum absolute atomic E-state index is 0.00122. The third-order valence-corrected chi connectivity index (χ3v) is 5.46. The highest BCUT2D eigenvalue weighted by Crippen LogP contribution is 2.26. The standard InChI is InChI=1S/C18H19N3O5S/c1-11-3-6-16(26-2)15(7-11)21-18(23)10-19-27(24,25)13-4-5-14-12(8-13)9-17(22)20-14/h3-8,19H,9-10H2,1-2H3,(H,20,22)(H,21,23). The van der Waals surface area contributed by atoms with Gasteiger partial charge in [-0.3, -0.25) is 9.59 Å². The Balaban J connectivity index is 1.67. The van der Waals surface area contributed by atoms with E-state index in [1.165, 1.54) is 25.3 Å². The van der Waals surface area contributed by atoms with Crippen molar-refractivity contribution >= 4 is 33.2 Å². The fourth-order valence-corrected chi connectivity index (χ4v) is 3.76. The zero-order valence-corrected chi connectivity index (χ0v) is 15.6. The maximum Gasteiger partial charge on any atom is 0.241 e. The van der Waals surface area contributed by atoms with Gasteiger partial charge in [-0.05, 0) is 48.4 Å². The molecular formula is C18H19N3O5S. The van der Waals surface area contributed by atoms with E-state index in [1.54, 1.807) is 12.1 Å². The molecule has 0 bridgehead atoms. The molecule has 0 saturated heterocycles. The van der Waals surface area contributed by atoms with Crippen molar-refractivity contribution in [2.75, 3.05) is 24.3 Å². The van der Waals surface area contributed by atoms with Crippen molar-refractivity contribution in [3.8, 4) is 5.75 Å². The molecule has 9 heteroatoms. The average Bonchev–Trinajstić information content (AvgIpc) is 2.99. The summed E-state index contributed by atoms with van der Waals surface area (Å²) in [5, 5.41) is 5.27. The van der Waals surface area contributed by atoms with Crippen molar-refractivity contribution in [3.63, 3.8) is 0 Å². The first-order chi connectivity index (χ1) is 12.8. The average molecular weight is 389 g/mol. The third-order valence-electron chi connectivity index (χ3n) is 4.06. The lowest BCUT2D eigenvalue weighted by molar-refractivity contribution is -0.115. The summed E-state index contributed by atoms with van der Waals surface area (Å²) in [6, 6.07) is 9.63. The number of benzene rings is 2. The first-order valence-corrected chi connectivity index (χ1v) is 9.64. The van der Waals surface area contributed by atoms with Crippen LogP contribution in [-0.4, -0.2) is 33.9 Å². The van der Waals surface area contributed by atoms with Crippen molar-refractivity contribution in [2.24, 2.45) is 0 Å². The molecule has 1 aliphatic heterocycles. The number of sulfonamides is 1. The highest BCUT2D eigenvalue weighted by molar-refractivity contribution is 7.89. The van der Waals surface area contributed by atoms with Crippen LogP contribution < -0.4 is 20.1 Å². The van der Waals surface area contributed by atoms with E-state index in [-0.39, 0.29) is 17.2 Å². The van der Waals surface area contributed by atoms with Gasteiger partial charge in [-0.15, -0.1) is 0 Å². The summed E-state index contributed by atoms with van der Waals surface area (Å²) in [6.07, 6.45) is 0.131. The third kappa shape index (κ3) is 4.26. The first-order valence-electron chi connectivity index (χ1n) is 8.15. The summed E-state index contributed by atoms with van der Waals surface area (Å²) in [5.74, 6) is -0.230. The summed E-state index contributed by atoms with van der Waals surface area (Å²) >= 11 is 0. The molecule has 3 rings (SSSR count). The zero-order valence-electron chi connectivity index (χ0n) is 14.8. The summed E-state index contributed by atoms with van der Waals surface area (Å²) in [7, 11) is -2.41. The number of fused-ring (bicyclic) bond motifs is 1. The number of nitrogens with one attached hydrogen (secondary N) is 3. The van der Waals surface area contributed by atoms with Gasteiger partial charge in [-0.25, -0.2) is 13.1 Å². The van der Waals surface area contributed by atoms with E-state index >= 15 is 0 Å². The molecule has 142 valence electrons. The molecule has 3 N–H and O–H groups in total. The number of rotatable bonds is 6. The molecule has 2 aromatic carbocycles. The number of amides is 2. The van der Waals surface area contributed by atoms with Crippen LogP contribution in [0, 0.1) is 6.92 Å². The molecular weight excluding hydrogens is 370 g/mol.